The average molecular weight is 349 g/mol. The summed E-state index contributed by atoms with van der Waals surface area (Å²) in [5, 5.41) is 0.239. The van der Waals surface area contributed by atoms with Crippen LogP contribution in [-0.2, 0) is 4.79 Å². The molecule has 1 rings (SSSR count). The fraction of sp³-hybridized carbons (Fsp3) is 0.500. The Labute approximate surface area is 128 Å². The lowest BCUT2D eigenvalue weighted by atomic mass is 10.1. The molecule has 0 heterocycles. The second-order valence-corrected chi connectivity index (χ2v) is 5.00. The summed E-state index contributed by atoms with van der Waals surface area (Å²) in [6.45, 7) is 4.70. The predicted octanol–water partition coefficient (Wildman–Crippen LogP) is 4.10. The van der Waals surface area contributed by atoms with Gasteiger partial charge in [-0.1, -0.05) is 41.4 Å². The van der Waals surface area contributed by atoms with Gasteiger partial charge in [0, 0.05) is 0 Å². The van der Waals surface area contributed by atoms with Gasteiger partial charge in [0.15, 0.2) is 0 Å². The van der Waals surface area contributed by atoms with Crippen molar-refractivity contribution in [2.24, 2.45) is 0 Å². The van der Waals surface area contributed by atoms with Gasteiger partial charge in [-0.15, -0.1) is 11.6 Å². The maximum absolute atomic E-state index is 11.9. The zero-order valence-corrected chi connectivity index (χ0v) is 13.6. The third-order valence-electron chi connectivity index (χ3n) is 2.76. The first kappa shape index (κ1) is 16.3. The van der Waals surface area contributed by atoms with E-state index in [0.29, 0.717) is 12.4 Å². The van der Waals surface area contributed by atoms with Crippen LogP contribution in [0.5, 0.6) is 5.75 Å². The number of benzene rings is 1. The van der Waals surface area contributed by atoms with Crippen LogP contribution in [0.25, 0.3) is 0 Å². The highest BCUT2D eigenvalue weighted by Crippen LogP contribution is 2.32. The zero-order valence-electron chi connectivity index (χ0n) is 11.3. The minimum absolute atomic E-state index is 0.0790. The zero-order chi connectivity index (χ0) is 14.3. The Kier molecular flexibility index (Phi) is 7.24. The molecule has 3 nitrogen and oxygen atoms in total. The number of carbonyl (C=O) groups excluding carboxylic acids is 1. The van der Waals surface area contributed by atoms with E-state index in [1.165, 1.54) is 4.90 Å². The van der Waals surface area contributed by atoms with E-state index in [9.17, 15) is 4.79 Å². The van der Waals surface area contributed by atoms with E-state index in [1.807, 2.05) is 25.1 Å². The Morgan fingerprint density at radius 2 is 2.21 bits per heavy atom. The van der Waals surface area contributed by atoms with Gasteiger partial charge in [0.2, 0.25) is 5.91 Å². The van der Waals surface area contributed by atoms with Crippen LogP contribution in [-0.4, -0.2) is 23.8 Å². The van der Waals surface area contributed by atoms with Gasteiger partial charge in [-0.3, -0.25) is 9.69 Å². The third-order valence-corrected chi connectivity index (χ3v) is 3.48. The normalized spacial score (nSPS) is 10.3. The molecular formula is C14H19BrClNO2. The van der Waals surface area contributed by atoms with E-state index < -0.39 is 0 Å². The molecule has 0 aliphatic heterocycles. The van der Waals surface area contributed by atoms with Crippen LogP contribution in [0.15, 0.2) is 18.2 Å². The smallest absolute Gasteiger partial charge is 0.238 e. The largest absolute Gasteiger partial charge is 0.491 e. The number of para-hydroxylation sites is 1. The average Bonchev–Trinajstić information content (AvgIpc) is 2.42. The molecule has 0 bridgehead atoms. The molecule has 0 aromatic heterocycles. The van der Waals surface area contributed by atoms with Gasteiger partial charge in [0.25, 0.3) is 0 Å². The number of unbranched alkanes of at least 4 members (excludes halogenated alkanes) is 1. The summed E-state index contributed by atoms with van der Waals surface area (Å²) in [6.07, 6.45) is 2.06. The van der Waals surface area contributed by atoms with Crippen LogP contribution in [0.3, 0.4) is 0 Å². The number of halogens is 2. The minimum atomic E-state index is -0.0790. The molecule has 0 fully saturated rings. The van der Waals surface area contributed by atoms with Crippen LogP contribution < -0.4 is 9.64 Å². The Balaban J connectivity index is 3.04. The fourth-order valence-electron chi connectivity index (χ4n) is 1.74. The van der Waals surface area contributed by atoms with Gasteiger partial charge >= 0.3 is 0 Å². The third kappa shape index (κ3) is 4.39. The van der Waals surface area contributed by atoms with Crippen molar-refractivity contribution in [2.75, 3.05) is 22.8 Å². The number of ether oxygens (including phenoxy) is 1. The van der Waals surface area contributed by atoms with E-state index in [0.717, 1.165) is 24.1 Å². The van der Waals surface area contributed by atoms with Crippen molar-refractivity contribution in [3.63, 3.8) is 0 Å². The Hall–Kier alpha value is -0.740. The van der Waals surface area contributed by atoms with Gasteiger partial charge in [-0.05, 0) is 25.0 Å². The van der Waals surface area contributed by atoms with E-state index in [-0.39, 0.29) is 17.2 Å². The first-order valence-electron chi connectivity index (χ1n) is 6.30. The molecule has 0 spiro atoms. The molecule has 0 saturated carbocycles. The number of aryl methyl sites for hydroxylation is 1. The van der Waals surface area contributed by atoms with Crippen molar-refractivity contribution in [3.8, 4) is 5.75 Å². The second-order valence-electron chi connectivity index (χ2n) is 4.20. The van der Waals surface area contributed by atoms with Gasteiger partial charge in [0.05, 0.1) is 17.6 Å². The van der Waals surface area contributed by atoms with Crippen molar-refractivity contribution in [2.45, 2.75) is 26.7 Å². The number of nitrogens with zero attached hydrogens (tertiary/aromatic N) is 1. The number of rotatable bonds is 7. The predicted molar refractivity (Wildman–Crippen MR) is 83.6 cm³/mol. The van der Waals surface area contributed by atoms with E-state index in [4.69, 9.17) is 16.3 Å². The molecule has 19 heavy (non-hydrogen) atoms. The summed E-state index contributed by atoms with van der Waals surface area (Å²) in [6, 6.07) is 5.85. The summed E-state index contributed by atoms with van der Waals surface area (Å²) in [4.78, 5) is 13.5. The molecule has 1 aromatic rings. The highest BCUT2D eigenvalue weighted by molar-refractivity contribution is 9.09. The number of hydrogen-bond donors (Lipinski definition) is 0. The molecule has 1 amide bonds. The number of hydrogen-bond acceptors (Lipinski definition) is 2. The molecule has 0 aliphatic carbocycles. The van der Waals surface area contributed by atoms with Crippen LogP contribution in [0.1, 0.15) is 25.3 Å². The SMILES string of the molecule is CCCCOc1cccc(C)c1N(CCl)C(=O)CBr. The van der Waals surface area contributed by atoms with E-state index in [2.05, 4.69) is 22.9 Å². The summed E-state index contributed by atoms with van der Waals surface area (Å²) < 4.78 is 5.77. The van der Waals surface area contributed by atoms with E-state index in [1.54, 1.807) is 0 Å². The lowest BCUT2D eigenvalue weighted by Crippen LogP contribution is -2.31. The molecular weight excluding hydrogens is 330 g/mol. The number of carbonyl (C=O) groups is 1. The summed E-state index contributed by atoms with van der Waals surface area (Å²) in [7, 11) is 0. The lowest BCUT2D eigenvalue weighted by Gasteiger charge is -2.24. The van der Waals surface area contributed by atoms with Gasteiger partial charge in [0.1, 0.15) is 11.8 Å². The maximum atomic E-state index is 11.9. The van der Waals surface area contributed by atoms with Crippen LogP contribution in [0.2, 0.25) is 0 Å². The Morgan fingerprint density at radius 3 is 2.79 bits per heavy atom. The monoisotopic (exact) mass is 347 g/mol. The van der Waals surface area contributed by atoms with Gasteiger partial charge in [-0.2, -0.15) is 0 Å². The topological polar surface area (TPSA) is 29.5 Å². The van der Waals surface area contributed by atoms with Gasteiger partial charge in [-0.25, -0.2) is 0 Å². The number of alkyl halides is 2. The highest BCUT2D eigenvalue weighted by Gasteiger charge is 2.19. The molecule has 0 saturated heterocycles. The summed E-state index contributed by atoms with van der Waals surface area (Å²) in [5.41, 5.74) is 1.74. The van der Waals surface area contributed by atoms with Crippen molar-refractivity contribution in [1.82, 2.24) is 0 Å². The van der Waals surface area contributed by atoms with Crippen LogP contribution in [0.4, 0.5) is 5.69 Å². The molecule has 0 unspecified atom stereocenters. The molecule has 0 N–H and O–H groups in total. The summed E-state index contributed by atoms with van der Waals surface area (Å²) >= 11 is 9.09. The van der Waals surface area contributed by atoms with Gasteiger partial charge < -0.3 is 4.74 Å². The standard InChI is InChI=1S/C14H19BrClNO2/c1-3-4-8-19-12-7-5-6-11(2)14(12)17(10-16)13(18)9-15/h5-7H,3-4,8-10H2,1-2H3. The van der Waals surface area contributed by atoms with Crippen LogP contribution >= 0.6 is 27.5 Å². The molecule has 0 atom stereocenters. The van der Waals surface area contributed by atoms with Crippen molar-refractivity contribution in [1.29, 1.82) is 0 Å². The van der Waals surface area contributed by atoms with Crippen molar-refractivity contribution in [3.05, 3.63) is 23.8 Å². The number of anilines is 1. The molecule has 0 aliphatic rings. The fourth-order valence-corrected chi connectivity index (χ4v) is 2.30. The highest BCUT2D eigenvalue weighted by atomic mass is 79.9. The van der Waals surface area contributed by atoms with Crippen molar-refractivity contribution < 1.29 is 9.53 Å². The van der Waals surface area contributed by atoms with Crippen LogP contribution in [0, 0.1) is 6.92 Å². The quantitative estimate of drug-likeness (QED) is 0.422. The summed E-state index contributed by atoms with van der Waals surface area (Å²) in [5.74, 6) is 0.632. The molecule has 106 valence electrons. The minimum Gasteiger partial charge on any atom is -0.491 e. The number of amides is 1. The first-order valence-corrected chi connectivity index (χ1v) is 7.96. The maximum Gasteiger partial charge on any atom is 0.238 e. The second kappa shape index (κ2) is 8.43. The van der Waals surface area contributed by atoms with Crippen molar-refractivity contribution >= 4 is 39.1 Å². The molecule has 1 aromatic carbocycles. The Morgan fingerprint density at radius 1 is 1.47 bits per heavy atom. The molecule has 5 heteroatoms. The first-order chi connectivity index (χ1) is 9.15. The lowest BCUT2D eigenvalue weighted by molar-refractivity contribution is -0.115. The molecule has 0 radical (unpaired) electrons. The Bertz CT molecular complexity index is 426. The van der Waals surface area contributed by atoms with E-state index >= 15 is 0 Å².